The molecule has 17 heavy (non-hydrogen) atoms. The number of carbonyl (C=O) groups is 1. The second-order valence-electron chi connectivity index (χ2n) is 4.13. The van der Waals surface area contributed by atoms with Gasteiger partial charge in [-0.05, 0) is 31.4 Å². The number of pyridine rings is 1. The van der Waals surface area contributed by atoms with Gasteiger partial charge in [-0.2, -0.15) is 5.10 Å². The third kappa shape index (κ3) is 3.03. The summed E-state index contributed by atoms with van der Waals surface area (Å²) in [5.41, 5.74) is 9.31. The van der Waals surface area contributed by atoms with Crippen molar-refractivity contribution in [3.8, 4) is 0 Å². The molecule has 5 heteroatoms. The van der Waals surface area contributed by atoms with Crippen LogP contribution in [0.4, 0.5) is 4.79 Å². The van der Waals surface area contributed by atoms with Gasteiger partial charge in [-0.15, -0.1) is 0 Å². The minimum absolute atomic E-state index is 0.205. The topological polar surface area (TPSA) is 80.4 Å². The summed E-state index contributed by atoms with van der Waals surface area (Å²) in [4.78, 5) is 15.0. The normalized spacial score (nSPS) is 22.4. The highest BCUT2D eigenvalue weighted by atomic mass is 16.2. The van der Waals surface area contributed by atoms with Crippen LogP contribution in [0.1, 0.15) is 37.3 Å². The fourth-order valence-corrected chi connectivity index (χ4v) is 2.16. The van der Waals surface area contributed by atoms with Gasteiger partial charge in [0.25, 0.3) is 0 Å². The van der Waals surface area contributed by atoms with Crippen molar-refractivity contribution in [3.63, 3.8) is 0 Å². The molecule has 1 aromatic heterocycles. The van der Waals surface area contributed by atoms with E-state index in [4.69, 9.17) is 5.73 Å². The summed E-state index contributed by atoms with van der Waals surface area (Å²) in [5.74, 6) is 0.205. The van der Waals surface area contributed by atoms with E-state index in [0.717, 1.165) is 37.1 Å². The van der Waals surface area contributed by atoms with Crippen LogP contribution in [0.3, 0.4) is 0 Å². The number of hydrogen-bond acceptors (Lipinski definition) is 3. The van der Waals surface area contributed by atoms with Crippen molar-refractivity contribution < 1.29 is 4.79 Å². The monoisotopic (exact) mass is 232 g/mol. The van der Waals surface area contributed by atoms with Crippen molar-refractivity contribution in [1.29, 1.82) is 0 Å². The number of nitrogens with zero attached hydrogens (tertiary/aromatic N) is 2. The molecule has 0 aliphatic heterocycles. The summed E-state index contributed by atoms with van der Waals surface area (Å²) in [5, 5.41) is 4.09. The van der Waals surface area contributed by atoms with Crippen molar-refractivity contribution in [3.05, 3.63) is 30.1 Å². The number of primary amides is 1. The largest absolute Gasteiger partial charge is 0.350 e. The molecule has 1 fully saturated rings. The summed E-state index contributed by atoms with van der Waals surface area (Å²) in [7, 11) is 0. The molecular formula is C12H16N4O. The Balaban J connectivity index is 2.18. The first-order valence-electron chi connectivity index (χ1n) is 5.80. The fraction of sp³-hybridized carbons (Fsp3) is 0.417. The van der Waals surface area contributed by atoms with E-state index < -0.39 is 6.03 Å². The van der Waals surface area contributed by atoms with E-state index in [1.807, 2.05) is 18.2 Å². The number of urea groups is 1. The fourth-order valence-electron chi connectivity index (χ4n) is 2.16. The first-order chi connectivity index (χ1) is 8.27. The lowest BCUT2D eigenvalue weighted by atomic mass is 9.85. The van der Waals surface area contributed by atoms with Gasteiger partial charge in [0, 0.05) is 23.5 Å². The van der Waals surface area contributed by atoms with Crippen molar-refractivity contribution >= 4 is 11.7 Å². The van der Waals surface area contributed by atoms with Gasteiger partial charge in [0.2, 0.25) is 0 Å². The molecule has 0 unspecified atom stereocenters. The van der Waals surface area contributed by atoms with Crippen molar-refractivity contribution in [2.75, 3.05) is 0 Å². The second kappa shape index (κ2) is 5.43. The van der Waals surface area contributed by atoms with Gasteiger partial charge >= 0.3 is 6.03 Å². The van der Waals surface area contributed by atoms with Crippen molar-refractivity contribution in [2.45, 2.75) is 31.6 Å². The van der Waals surface area contributed by atoms with Crippen LogP contribution < -0.4 is 11.2 Å². The maximum atomic E-state index is 10.7. The van der Waals surface area contributed by atoms with E-state index in [1.165, 1.54) is 0 Å². The number of hydrogen-bond donors (Lipinski definition) is 2. The Morgan fingerprint density at radius 3 is 3.06 bits per heavy atom. The molecule has 0 spiro atoms. The predicted molar refractivity (Wildman–Crippen MR) is 65.6 cm³/mol. The molecule has 2 rings (SSSR count). The van der Waals surface area contributed by atoms with Crippen LogP contribution in [0.15, 0.2) is 29.5 Å². The third-order valence-electron chi connectivity index (χ3n) is 2.93. The van der Waals surface area contributed by atoms with Crippen molar-refractivity contribution in [2.24, 2.45) is 10.8 Å². The second-order valence-corrected chi connectivity index (χ2v) is 4.13. The summed E-state index contributed by atoms with van der Waals surface area (Å²) in [6.45, 7) is 0. The summed E-state index contributed by atoms with van der Waals surface area (Å²) < 4.78 is 0. The molecular weight excluding hydrogens is 216 g/mol. The molecule has 1 aliphatic rings. The standard InChI is InChI=1S/C12H16N4O/c13-12(17)16-15-11-7-2-1-5-9(11)10-6-3-4-8-14-10/h3-4,6,8-9H,1-2,5,7H2,(H3,13,16,17)/t9-/m1/s1. The number of nitrogens with one attached hydrogen (secondary N) is 1. The molecule has 90 valence electrons. The lowest BCUT2D eigenvalue weighted by molar-refractivity contribution is 0.249. The zero-order chi connectivity index (χ0) is 12.1. The van der Waals surface area contributed by atoms with Crippen LogP contribution in [-0.4, -0.2) is 16.7 Å². The van der Waals surface area contributed by atoms with Crippen LogP contribution in [0, 0.1) is 0 Å². The van der Waals surface area contributed by atoms with Gasteiger partial charge in [-0.1, -0.05) is 12.5 Å². The van der Waals surface area contributed by atoms with Gasteiger partial charge in [-0.3, -0.25) is 4.98 Å². The first-order valence-corrected chi connectivity index (χ1v) is 5.80. The van der Waals surface area contributed by atoms with E-state index in [0.29, 0.717) is 0 Å². The quantitative estimate of drug-likeness (QED) is 0.762. The van der Waals surface area contributed by atoms with Crippen LogP contribution in [0.2, 0.25) is 0 Å². The SMILES string of the molecule is NC(=O)NN=C1CCCC[C@@H]1c1ccccn1. The molecule has 1 aliphatic carbocycles. The molecule has 3 N–H and O–H groups in total. The smallest absolute Gasteiger partial charge is 0.332 e. The van der Waals surface area contributed by atoms with E-state index in [1.54, 1.807) is 6.20 Å². The lowest BCUT2D eigenvalue weighted by Gasteiger charge is -2.23. The zero-order valence-corrected chi connectivity index (χ0v) is 9.60. The van der Waals surface area contributed by atoms with Gasteiger partial charge in [0.1, 0.15) is 0 Å². The molecule has 1 atom stereocenters. The molecule has 5 nitrogen and oxygen atoms in total. The van der Waals surface area contributed by atoms with Crippen LogP contribution in [0.25, 0.3) is 0 Å². The lowest BCUT2D eigenvalue weighted by Crippen LogP contribution is -2.28. The Hall–Kier alpha value is -1.91. The Kier molecular flexibility index (Phi) is 3.69. The summed E-state index contributed by atoms with van der Waals surface area (Å²) >= 11 is 0. The van der Waals surface area contributed by atoms with Crippen LogP contribution in [0.5, 0.6) is 0 Å². The van der Waals surface area contributed by atoms with E-state index in [9.17, 15) is 4.79 Å². The van der Waals surface area contributed by atoms with Gasteiger partial charge in [0.05, 0.1) is 0 Å². The zero-order valence-electron chi connectivity index (χ0n) is 9.60. The minimum atomic E-state index is -0.622. The Morgan fingerprint density at radius 2 is 2.35 bits per heavy atom. The first kappa shape index (κ1) is 11.6. The molecule has 0 saturated heterocycles. The van der Waals surface area contributed by atoms with Crippen LogP contribution >= 0.6 is 0 Å². The van der Waals surface area contributed by atoms with Gasteiger partial charge < -0.3 is 5.73 Å². The van der Waals surface area contributed by atoms with E-state index in [-0.39, 0.29) is 5.92 Å². The minimum Gasteiger partial charge on any atom is -0.350 e. The number of hydrazone groups is 1. The highest BCUT2D eigenvalue weighted by molar-refractivity contribution is 5.92. The van der Waals surface area contributed by atoms with Gasteiger partial charge in [0.15, 0.2) is 0 Å². The molecule has 1 saturated carbocycles. The molecule has 0 aromatic carbocycles. The number of nitrogens with two attached hydrogens (primary N) is 1. The Bertz CT molecular complexity index is 416. The van der Waals surface area contributed by atoms with Gasteiger partial charge in [-0.25, -0.2) is 10.2 Å². The molecule has 0 radical (unpaired) electrons. The number of carbonyl (C=O) groups excluding carboxylic acids is 1. The average Bonchev–Trinajstić information content (AvgIpc) is 2.38. The summed E-state index contributed by atoms with van der Waals surface area (Å²) in [6.07, 6.45) is 5.96. The van der Waals surface area contributed by atoms with E-state index >= 15 is 0 Å². The Morgan fingerprint density at radius 1 is 1.47 bits per heavy atom. The predicted octanol–water partition coefficient (Wildman–Crippen LogP) is 1.76. The number of aromatic nitrogens is 1. The molecule has 0 bridgehead atoms. The number of rotatable bonds is 2. The average molecular weight is 232 g/mol. The third-order valence-corrected chi connectivity index (χ3v) is 2.93. The maximum Gasteiger partial charge on any atom is 0.332 e. The summed E-state index contributed by atoms with van der Waals surface area (Å²) in [6, 6.07) is 5.24. The highest BCUT2D eigenvalue weighted by Gasteiger charge is 2.23. The maximum absolute atomic E-state index is 10.7. The molecule has 1 heterocycles. The number of amides is 2. The highest BCUT2D eigenvalue weighted by Crippen LogP contribution is 2.29. The Labute approximate surface area is 100 Å². The van der Waals surface area contributed by atoms with E-state index in [2.05, 4.69) is 15.5 Å². The van der Waals surface area contributed by atoms with Crippen molar-refractivity contribution in [1.82, 2.24) is 10.4 Å². The van der Waals surface area contributed by atoms with Crippen LogP contribution in [-0.2, 0) is 0 Å². The molecule has 1 aromatic rings. The molecule has 2 amide bonds.